The van der Waals surface area contributed by atoms with Gasteiger partial charge in [-0.15, -0.1) is 0 Å². The third-order valence-corrected chi connectivity index (χ3v) is 5.09. The number of hydrogen-bond donors (Lipinski definition) is 0. The summed E-state index contributed by atoms with van der Waals surface area (Å²) >= 11 is 0. The van der Waals surface area contributed by atoms with Crippen molar-refractivity contribution in [3.05, 3.63) is 0 Å². The zero-order chi connectivity index (χ0) is 10.7. The van der Waals surface area contributed by atoms with Crippen LogP contribution in [0.1, 0.15) is 52.4 Å². The smallest absolute Gasteiger partial charge is 0.0789 e. The molecule has 2 aliphatic rings. The molecule has 0 N–H and O–H groups in total. The van der Waals surface area contributed by atoms with E-state index in [4.69, 9.17) is 0 Å². The molecule has 88 valence electrons. The van der Waals surface area contributed by atoms with Gasteiger partial charge in [-0.3, -0.25) is 0 Å². The van der Waals surface area contributed by atoms with Crippen LogP contribution in [0.25, 0.3) is 0 Å². The minimum Gasteiger partial charge on any atom is -0.324 e. The molecule has 15 heavy (non-hydrogen) atoms. The van der Waals surface area contributed by atoms with Gasteiger partial charge in [0.2, 0.25) is 0 Å². The Morgan fingerprint density at radius 3 is 2.00 bits per heavy atom. The predicted molar refractivity (Wildman–Crippen MR) is 65.8 cm³/mol. The fraction of sp³-hybridized carbons (Fsp3) is 1.00. The Labute approximate surface area is 95.4 Å². The summed E-state index contributed by atoms with van der Waals surface area (Å²) in [6.45, 7) is 10.9. The van der Waals surface area contributed by atoms with Gasteiger partial charge >= 0.3 is 0 Å². The quantitative estimate of drug-likeness (QED) is 0.537. The van der Waals surface area contributed by atoms with Crippen LogP contribution < -0.4 is 0 Å². The molecule has 0 radical (unpaired) electrons. The molecule has 2 saturated heterocycles. The van der Waals surface area contributed by atoms with Gasteiger partial charge in [0, 0.05) is 0 Å². The molecule has 0 bridgehead atoms. The average Bonchev–Trinajstić information content (AvgIpc) is 2.26. The second-order valence-electron chi connectivity index (χ2n) is 6.18. The Balaban J connectivity index is 1.95. The lowest BCUT2D eigenvalue weighted by Crippen LogP contribution is -2.53. The summed E-state index contributed by atoms with van der Waals surface area (Å²) in [6, 6.07) is 0. The van der Waals surface area contributed by atoms with E-state index in [1.807, 2.05) is 0 Å². The molecule has 0 amide bonds. The molecule has 0 aromatic heterocycles. The molecule has 1 nitrogen and oxygen atoms in total. The van der Waals surface area contributed by atoms with Crippen LogP contribution in [0, 0.1) is 11.8 Å². The van der Waals surface area contributed by atoms with E-state index in [0.717, 1.165) is 11.8 Å². The van der Waals surface area contributed by atoms with Gasteiger partial charge in [0.25, 0.3) is 0 Å². The van der Waals surface area contributed by atoms with E-state index in [2.05, 4.69) is 13.8 Å². The Hall–Kier alpha value is -0.0400. The van der Waals surface area contributed by atoms with Gasteiger partial charge in [-0.25, -0.2) is 0 Å². The third kappa shape index (κ3) is 2.75. The number of quaternary nitrogens is 1. The molecule has 0 aromatic carbocycles. The van der Waals surface area contributed by atoms with E-state index in [0.29, 0.717) is 0 Å². The topological polar surface area (TPSA) is 0 Å². The van der Waals surface area contributed by atoms with Crippen molar-refractivity contribution in [3.63, 3.8) is 0 Å². The number of piperidine rings is 1. The summed E-state index contributed by atoms with van der Waals surface area (Å²) in [5.41, 5.74) is 0. The van der Waals surface area contributed by atoms with Crippen LogP contribution in [0.3, 0.4) is 0 Å². The van der Waals surface area contributed by atoms with Gasteiger partial charge in [-0.1, -0.05) is 13.8 Å². The molecular weight excluding hydrogens is 182 g/mol. The maximum atomic E-state index is 2.47. The molecule has 2 aliphatic heterocycles. The first-order valence-corrected chi connectivity index (χ1v) is 7.07. The van der Waals surface area contributed by atoms with Gasteiger partial charge in [0.15, 0.2) is 0 Å². The molecule has 2 fully saturated rings. The summed E-state index contributed by atoms with van der Waals surface area (Å²) in [5.74, 6) is 1.93. The monoisotopic (exact) mass is 210 g/mol. The Kier molecular flexibility index (Phi) is 3.71. The zero-order valence-electron chi connectivity index (χ0n) is 10.7. The highest BCUT2D eigenvalue weighted by molar-refractivity contribution is 4.67. The number of hydrogen-bond acceptors (Lipinski definition) is 0. The molecule has 1 spiro atoms. The molecule has 1 heteroatoms. The number of rotatable bonds is 0. The first kappa shape index (κ1) is 11.4. The molecule has 0 aliphatic carbocycles. The molecule has 2 heterocycles. The summed E-state index contributed by atoms with van der Waals surface area (Å²) in [4.78, 5) is 0. The molecule has 0 aromatic rings. The highest BCUT2D eigenvalue weighted by Gasteiger charge is 2.32. The highest BCUT2D eigenvalue weighted by atomic mass is 15.4. The minimum absolute atomic E-state index is 0.960. The van der Waals surface area contributed by atoms with Crippen LogP contribution in [-0.4, -0.2) is 30.7 Å². The lowest BCUT2D eigenvalue weighted by molar-refractivity contribution is -0.933. The van der Waals surface area contributed by atoms with E-state index in [1.54, 1.807) is 0 Å². The van der Waals surface area contributed by atoms with Crippen LogP contribution in [0.5, 0.6) is 0 Å². The Bertz CT molecular complexity index is 194. The largest absolute Gasteiger partial charge is 0.324 e. The summed E-state index contributed by atoms with van der Waals surface area (Å²) in [5, 5.41) is 0. The van der Waals surface area contributed by atoms with Gasteiger partial charge in [-0.2, -0.15) is 0 Å². The van der Waals surface area contributed by atoms with Gasteiger partial charge < -0.3 is 4.48 Å². The van der Waals surface area contributed by atoms with Crippen LogP contribution >= 0.6 is 0 Å². The van der Waals surface area contributed by atoms with Crippen molar-refractivity contribution >= 4 is 0 Å². The third-order valence-electron chi connectivity index (χ3n) is 5.09. The van der Waals surface area contributed by atoms with Crippen molar-refractivity contribution in [2.75, 3.05) is 26.2 Å². The molecule has 2 rings (SSSR count). The van der Waals surface area contributed by atoms with Crippen molar-refractivity contribution in [3.8, 4) is 0 Å². The summed E-state index contributed by atoms with van der Waals surface area (Å²) < 4.78 is 1.48. The van der Waals surface area contributed by atoms with Crippen molar-refractivity contribution in [1.82, 2.24) is 0 Å². The second-order valence-corrected chi connectivity index (χ2v) is 6.18. The van der Waals surface area contributed by atoms with Crippen molar-refractivity contribution in [2.45, 2.75) is 52.4 Å². The second kappa shape index (κ2) is 4.86. The highest BCUT2D eigenvalue weighted by Crippen LogP contribution is 2.29. The Morgan fingerprint density at radius 2 is 1.27 bits per heavy atom. The van der Waals surface area contributed by atoms with E-state index >= 15 is 0 Å². The van der Waals surface area contributed by atoms with Crippen LogP contribution in [0.2, 0.25) is 0 Å². The molecule has 2 atom stereocenters. The fourth-order valence-corrected chi connectivity index (χ4v) is 3.54. The fourth-order valence-electron chi connectivity index (χ4n) is 3.54. The van der Waals surface area contributed by atoms with Crippen molar-refractivity contribution in [1.29, 1.82) is 0 Å². The molecule has 0 saturated carbocycles. The SMILES string of the molecule is CC1CCC[N+]2(CCCCC2)CCC1C. The van der Waals surface area contributed by atoms with E-state index in [9.17, 15) is 0 Å². The maximum Gasteiger partial charge on any atom is 0.0789 e. The predicted octanol–water partition coefficient (Wildman–Crippen LogP) is 3.44. The van der Waals surface area contributed by atoms with E-state index in [1.165, 1.54) is 69.2 Å². The first-order valence-electron chi connectivity index (χ1n) is 7.07. The normalized spacial score (nSPS) is 37.2. The molecule has 2 unspecified atom stereocenters. The van der Waals surface area contributed by atoms with Crippen molar-refractivity contribution < 1.29 is 4.48 Å². The summed E-state index contributed by atoms with van der Waals surface area (Å²) in [7, 11) is 0. The van der Waals surface area contributed by atoms with Gasteiger partial charge in [0.05, 0.1) is 26.2 Å². The maximum absolute atomic E-state index is 2.47. The van der Waals surface area contributed by atoms with Gasteiger partial charge in [-0.05, 0) is 50.4 Å². The van der Waals surface area contributed by atoms with E-state index in [-0.39, 0.29) is 0 Å². The average molecular weight is 210 g/mol. The first-order chi connectivity index (χ1) is 7.22. The lowest BCUT2D eigenvalue weighted by atomic mass is 9.86. The zero-order valence-corrected chi connectivity index (χ0v) is 10.7. The lowest BCUT2D eigenvalue weighted by Gasteiger charge is -2.44. The minimum atomic E-state index is 0.960. The summed E-state index contributed by atoms with van der Waals surface area (Å²) in [6.07, 6.45) is 8.90. The van der Waals surface area contributed by atoms with Crippen molar-refractivity contribution in [2.24, 2.45) is 11.8 Å². The van der Waals surface area contributed by atoms with Crippen LogP contribution in [0.15, 0.2) is 0 Å². The Morgan fingerprint density at radius 1 is 0.667 bits per heavy atom. The van der Waals surface area contributed by atoms with E-state index < -0.39 is 0 Å². The molecular formula is C14H28N+. The van der Waals surface area contributed by atoms with Crippen LogP contribution in [-0.2, 0) is 0 Å². The number of nitrogens with zero attached hydrogens (tertiary/aromatic N) is 1. The van der Waals surface area contributed by atoms with Gasteiger partial charge in [0.1, 0.15) is 0 Å². The standard InChI is InChI=1S/C14H28N/c1-13-7-6-11-15(12-8-14(13)2)9-4-3-5-10-15/h13-14H,3-12H2,1-2H3/q+1. The van der Waals surface area contributed by atoms with Crippen LogP contribution in [0.4, 0.5) is 0 Å².